The summed E-state index contributed by atoms with van der Waals surface area (Å²) >= 11 is 0. The standard InChI is InChI=1S/C27H22F6N2O6/c1-38-25(37)22-12-11-21(15-23(22)35-24(36)18-5-9-20(10-6-18)41-27(31,32)33)39-13-2-14-40-34-16-17-3-7-19(8-4-17)26(28,29)30/h3-12,15-16H,2,13-14H2,1H3,(H,35,36). The van der Waals surface area contributed by atoms with Gasteiger partial charge in [-0.2, -0.15) is 13.2 Å². The number of nitrogens with one attached hydrogen (secondary N) is 1. The molecule has 0 radical (unpaired) electrons. The number of ether oxygens (including phenoxy) is 3. The van der Waals surface area contributed by atoms with Gasteiger partial charge in [-0.1, -0.05) is 17.3 Å². The monoisotopic (exact) mass is 584 g/mol. The van der Waals surface area contributed by atoms with E-state index in [1.54, 1.807) is 0 Å². The SMILES string of the molecule is COC(=O)c1ccc(OCCCON=Cc2ccc(C(F)(F)F)cc2)cc1NC(=O)c1ccc(OC(F)(F)F)cc1. The van der Waals surface area contributed by atoms with E-state index < -0.39 is 35.7 Å². The fourth-order valence-corrected chi connectivity index (χ4v) is 3.23. The Bertz CT molecular complexity index is 1360. The van der Waals surface area contributed by atoms with E-state index in [4.69, 9.17) is 14.3 Å². The maximum Gasteiger partial charge on any atom is 0.573 e. The van der Waals surface area contributed by atoms with Crippen LogP contribution in [0.15, 0.2) is 71.9 Å². The first-order chi connectivity index (χ1) is 19.4. The van der Waals surface area contributed by atoms with E-state index in [0.717, 1.165) is 43.5 Å². The van der Waals surface area contributed by atoms with Gasteiger partial charge in [-0.15, -0.1) is 13.2 Å². The largest absolute Gasteiger partial charge is 0.573 e. The second kappa shape index (κ2) is 13.5. The summed E-state index contributed by atoms with van der Waals surface area (Å²) in [5, 5.41) is 6.20. The number of anilines is 1. The van der Waals surface area contributed by atoms with Gasteiger partial charge in [0.1, 0.15) is 18.1 Å². The number of hydrogen-bond acceptors (Lipinski definition) is 7. The fraction of sp³-hybridized carbons (Fsp3) is 0.222. The summed E-state index contributed by atoms with van der Waals surface area (Å²) in [6.45, 7) is 0.260. The first-order valence-corrected chi connectivity index (χ1v) is 11.7. The Morgan fingerprint density at radius 2 is 1.54 bits per heavy atom. The van der Waals surface area contributed by atoms with Gasteiger partial charge < -0.3 is 24.4 Å². The summed E-state index contributed by atoms with van der Waals surface area (Å²) in [4.78, 5) is 29.9. The van der Waals surface area contributed by atoms with Gasteiger partial charge in [0.15, 0.2) is 0 Å². The van der Waals surface area contributed by atoms with Crippen LogP contribution >= 0.6 is 0 Å². The summed E-state index contributed by atoms with van der Waals surface area (Å²) in [6, 6.07) is 12.8. The lowest BCUT2D eigenvalue weighted by molar-refractivity contribution is -0.274. The number of methoxy groups -OCH3 is 1. The van der Waals surface area contributed by atoms with Crippen molar-refractivity contribution in [3.8, 4) is 11.5 Å². The second-order valence-corrected chi connectivity index (χ2v) is 8.11. The molecule has 0 heterocycles. The van der Waals surface area contributed by atoms with Crippen molar-refractivity contribution in [2.75, 3.05) is 25.6 Å². The van der Waals surface area contributed by atoms with Crippen molar-refractivity contribution in [3.05, 3.63) is 89.0 Å². The molecule has 3 aromatic carbocycles. The van der Waals surface area contributed by atoms with Crippen LogP contribution in [0.1, 0.15) is 38.3 Å². The molecule has 0 aliphatic rings. The van der Waals surface area contributed by atoms with E-state index in [2.05, 4.69) is 15.2 Å². The predicted molar refractivity (Wildman–Crippen MR) is 134 cm³/mol. The summed E-state index contributed by atoms with van der Waals surface area (Å²) in [6.07, 6.45) is -7.69. The molecule has 14 heteroatoms. The zero-order chi connectivity index (χ0) is 30.0. The third-order valence-corrected chi connectivity index (χ3v) is 5.16. The fourth-order valence-electron chi connectivity index (χ4n) is 3.23. The quantitative estimate of drug-likeness (QED) is 0.0914. The summed E-state index contributed by atoms with van der Waals surface area (Å²) in [7, 11) is 1.15. The van der Waals surface area contributed by atoms with Gasteiger partial charge in [0.05, 0.1) is 36.7 Å². The van der Waals surface area contributed by atoms with Gasteiger partial charge in [0.25, 0.3) is 5.91 Å². The predicted octanol–water partition coefficient (Wildman–Crippen LogP) is 6.46. The van der Waals surface area contributed by atoms with Gasteiger partial charge in [-0.25, -0.2) is 4.79 Å². The summed E-state index contributed by atoms with van der Waals surface area (Å²) in [5.74, 6) is -1.70. The van der Waals surface area contributed by atoms with E-state index in [1.807, 2.05) is 0 Å². The Balaban J connectivity index is 1.54. The zero-order valence-electron chi connectivity index (χ0n) is 21.2. The van der Waals surface area contributed by atoms with Crippen LogP contribution in [0, 0.1) is 0 Å². The molecule has 0 atom stereocenters. The molecular weight excluding hydrogens is 562 g/mol. The van der Waals surface area contributed by atoms with Crippen molar-refractivity contribution in [3.63, 3.8) is 0 Å². The van der Waals surface area contributed by atoms with Crippen molar-refractivity contribution >= 4 is 23.8 Å². The molecule has 0 unspecified atom stereocenters. The molecule has 0 aliphatic carbocycles. The lowest BCUT2D eigenvalue weighted by atomic mass is 10.1. The number of nitrogens with zero attached hydrogens (tertiary/aromatic N) is 1. The lowest BCUT2D eigenvalue weighted by Crippen LogP contribution is -2.18. The molecule has 3 aromatic rings. The van der Waals surface area contributed by atoms with E-state index in [-0.39, 0.29) is 35.8 Å². The van der Waals surface area contributed by atoms with Crippen LogP contribution in [-0.2, 0) is 15.8 Å². The van der Waals surface area contributed by atoms with Crippen LogP contribution in [0.3, 0.4) is 0 Å². The van der Waals surface area contributed by atoms with E-state index in [0.29, 0.717) is 12.0 Å². The van der Waals surface area contributed by atoms with Crippen LogP contribution < -0.4 is 14.8 Å². The Labute approximate surface area is 229 Å². The molecule has 8 nitrogen and oxygen atoms in total. The minimum atomic E-state index is -4.88. The van der Waals surface area contributed by atoms with E-state index >= 15 is 0 Å². The Morgan fingerprint density at radius 1 is 0.878 bits per heavy atom. The van der Waals surface area contributed by atoms with Crippen molar-refractivity contribution in [2.45, 2.75) is 19.0 Å². The van der Waals surface area contributed by atoms with E-state index in [9.17, 15) is 35.9 Å². The molecular formula is C27H22F6N2O6. The van der Waals surface area contributed by atoms with Crippen molar-refractivity contribution in [2.24, 2.45) is 5.16 Å². The molecule has 0 bridgehead atoms. The Morgan fingerprint density at radius 3 is 2.15 bits per heavy atom. The highest BCUT2D eigenvalue weighted by Crippen LogP contribution is 2.29. The normalized spacial score (nSPS) is 11.7. The molecule has 3 rings (SSSR count). The van der Waals surface area contributed by atoms with E-state index in [1.165, 1.54) is 36.5 Å². The number of oxime groups is 1. The smallest absolute Gasteiger partial charge is 0.493 e. The number of rotatable bonds is 11. The van der Waals surface area contributed by atoms with Crippen molar-refractivity contribution in [1.29, 1.82) is 0 Å². The first-order valence-electron chi connectivity index (χ1n) is 11.7. The maximum atomic E-state index is 12.7. The van der Waals surface area contributed by atoms with Crippen LogP contribution in [0.4, 0.5) is 32.0 Å². The van der Waals surface area contributed by atoms with Crippen molar-refractivity contribution < 1.29 is 55.0 Å². The number of amides is 1. The molecule has 0 spiro atoms. The number of halogens is 6. The van der Waals surface area contributed by atoms with Crippen molar-refractivity contribution in [1.82, 2.24) is 0 Å². The minimum absolute atomic E-state index is 0.00402. The zero-order valence-corrected chi connectivity index (χ0v) is 21.2. The van der Waals surface area contributed by atoms with Gasteiger partial charge in [-0.05, 0) is 54.1 Å². The van der Waals surface area contributed by atoms with Gasteiger partial charge in [0.2, 0.25) is 0 Å². The third-order valence-electron chi connectivity index (χ3n) is 5.16. The maximum absolute atomic E-state index is 12.7. The molecule has 0 fully saturated rings. The highest BCUT2D eigenvalue weighted by atomic mass is 19.4. The highest BCUT2D eigenvalue weighted by Gasteiger charge is 2.31. The molecule has 0 saturated heterocycles. The Kier molecular flexibility index (Phi) is 10.2. The number of hydrogen-bond donors (Lipinski definition) is 1. The third kappa shape index (κ3) is 9.74. The number of benzene rings is 3. The topological polar surface area (TPSA) is 95.5 Å². The van der Waals surface area contributed by atoms with Crippen LogP contribution in [-0.4, -0.2) is 44.8 Å². The average Bonchev–Trinajstić information content (AvgIpc) is 2.91. The second-order valence-electron chi connectivity index (χ2n) is 8.11. The molecule has 0 aromatic heterocycles. The molecule has 1 N–H and O–H groups in total. The molecule has 218 valence electrons. The molecule has 1 amide bonds. The average molecular weight is 584 g/mol. The van der Waals surface area contributed by atoms with Crippen LogP contribution in [0.25, 0.3) is 0 Å². The number of carbonyl (C=O) groups is 2. The number of carbonyl (C=O) groups excluding carboxylic acids is 2. The summed E-state index contributed by atoms with van der Waals surface area (Å²) in [5.41, 5.74) is -0.321. The molecule has 0 aliphatic heterocycles. The lowest BCUT2D eigenvalue weighted by Gasteiger charge is -2.13. The van der Waals surface area contributed by atoms with Gasteiger partial charge in [-0.3, -0.25) is 4.79 Å². The molecule has 41 heavy (non-hydrogen) atoms. The Hall–Kier alpha value is -4.75. The number of alkyl halides is 6. The van der Waals surface area contributed by atoms with Crippen LogP contribution in [0.2, 0.25) is 0 Å². The minimum Gasteiger partial charge on any atom is -0.493 e. The summed E-state index contributed by atoms with van der Waals surface area (Å²) < 4.78 is 89.0. The highest BCUT2D eigenvalue weighted by molar-refractivity contribution is 6.08. The van der Waals surface area contributed by atoms with Gasteiger partial charge >= 0.3 is 18.5 Å². The molecule has 0 saturated carbocycles. The number of esters is 1. The van der Waals surface area contributed by atoms with Crippen LogP contribution in [0.5, 0.6) is 11.5 Å². The van der Waals surface area contributed by atoms with Gasteiger partial charge in [0, 0.05) is 18.1 Å². The first kappa shape index (κ1) is 30.8.